The number of rotatable bonds is 7. The Morgan fingerprint density at radius 1 is 1.00 bits per heavy atom. The summed E-state index contributed by atoms with van der Waals surface area (Å²) in [6, 6.07) is 12.7. The van der Waals surface area contributed by atoms with Crippen molar-refractivity contribution in [2.75, 3.05) is 18.5 Å². The van der Waals surface area contributed by atoms with E-state index in [-0.39, 0.29) is 12.3 Å². The first-order valence-corrected chi connectivity index (χ1v) is 8.78. The summed E-state index contributed by atoms with van der Waals surface area (Å²) in [6.07, 6.45) is -1.00. The second-order valence-electron chi connectivity index (χ2n) is 6.13. The first kappa shape index (κ1) is 20.9. The fourth-order valence-corrected chi connectivity index (χ4v) is 2.44. The molecule has 1 aromatic heterocycles. The van der Waals surface area contributed by atoms with Crippen LogP contribution in [0.5, 0.6) is 5.75 Å². The van der Waals surface area contributed by atoms with Crippen LogP contribution in [0.25, 0.3) is 5.69 Å². The van der Waals surface area contributed by atoms with Gasteiger partial charge in [-0.05, 0) is 54.6 Å². The predicted molar refractivity (Wildman–Crippen MR) is 102 cm³/mol. The van der Waals surface area contributed by atoms with Gasteiger partial charge in [0.25, 0.3) is 5.91 Å². The van der Waals surface area contributed by atoms with Crippen LogP contribution in [0.4, 0.5) is 18.9 Å². The van der Waals surface area contributed by atoms with Gasteiger partial charge in [-0.15, -0.1) is 0 Å². The molecular weight excluding hydrogens is 401 g/mol. The number of anilines is 1. The number of amides is 2. The van der Waals surface area contributed by atoms with Crippen molar-refractivity contribution in [2.24, 2.45) is 0 Å². The van der Waals surface area contributed by atoms with Gasteiger partial charge in [-0.25, -0.2) is 4.68 Å². The lowest BCUT2D eigenvalue weighted by Gasteiger charge is -2.10. The Bertz CT molecular complexity index is 986. The molecule has 2 N–H and O–H groups in total. The molecule has 2 aromatic carbocycles. The molecule has 0 atom stereocenters. The minimum atomic E-state index is -4.44. The first-order chi connectivity index (χ1) is 14.3. The quantitative estimate of drug-likeness (QED) is 0.618. The third kappa shape index (κ3) is 5.84. The van der Waals surface area contributed by atoms with Crippen LogP contribution in [-0.2, 0) is 15.8 Å². The lowest BCUT2D eigenvalue weighted by molar-refractivity contribution is -0.137. The molecule has 156 valence electrons. The van der Waals surface area contributed by atoms with Crippen LogP contribution in [0.2, 0.25) is 0 Å². The summed E-state index contributed by atoms with van der Waals surface area (Å²) in [4.78, 5) is 23.7. The van der Waals surface area contributed by atoms with Crippen molar-refractivity contribution in [1.82, 2.24) is 15.1 Å². The van der Waals surface area contributed by atoms with Crippen molar-refractivity contribution in [2.45, 2.75) is 6.18 Å². The van der Waals surface area contributed by atoms with Crippen LogP contribution >= 0.6 is 0 Å². The number of hydrogen-bond donors (Lipinski definition) is 2. The van der Waals surface area contributed by atoms with E-state index in [1.165, 1.54) is 0 Å². The smallest absolute Gasteiger partial charge is 0.416 e. The van der Waals surface area contributed by atoms with E-state index in [0.29, 0.717) is 5.69 Å². The van der Waals surface area contributed by atoms with E-state index in [4.69, 9.17) is 4.74 Å². The Labute approximate surface area is 169 Å². The zero-order valence-electron chi connectivity index (χ0n) is 15.5. The summed E-state index contributed by atoms with van der Waals surface area (Å²) in [5.74, 6) is -0.913. The van der Waals surface area contributed by atoms with Gasteiger partial charge >= 0.3 is 6.18 Å². The minimum Gasteiger partial charge on any atom is -0.484 e. The number of carbonyl (C=O) groups is 2. The molecule has 0 unspecified atom stereocenters. The van der Waals surface area contributed by atoms with Gasteiger partial charge in [-0.3, -0.25) is 9.59 Å². The van der Waals surface area contributed by atoms with Crippen molar-refractivity contribution in [1.29, 1.82) is 0 Å². The number of nitrogens with zero attached hydrogens (tertiary/aromatic N) is 2. The summed E-state index contributed by atoms with van der Waals surface area (Å²) in [5, 5.41) is 9.11. The molecule has 0 bridgehead atoms. The molecule has 0 saturated carbocycles. The molecule has 3 aromatic rings. The molecule has 0 spiro atoms. The van der Waals surface area contributed by atoms with Gasteiger partial charge in [-0.1, -0.05) is 0 Å². The van der Waals surface area contributed by atoms with E-state index in [0.717, 1.165) is 30.0 Å². The van der Waals surface area contributed by atoms with Gasteiger partial charge < -0.3 is 15.4 Å². The van der Waals surface area contributed by atoms with E-state index >= 15 is 0 Å². The Morgan fingerprint density at radius 3 is 2.30 bits per heavy atom. The second kappa shape index (κ2) is 9.12. The Balaban J connectivity index is 1.40. The van der Waals surface area contributed by atoms with Crippen molar-refractivity contribution in [3.63, 3.8) is 0 Å². The van der Waals surface area contributed by atoms with Gasteiger partial charge in [0.2, 0.25) is 5.91 Å². The van der Waals surface area contributed by atoms with Gasteiger partial charge in [-0.2, -0.15) is 18.3 Å². The Morgan fingerprint density at radius 2 is 1.70 bits per heavy atom. The number of carbonyl (C=O) groups excluding carboxylic acids is 2. The summed E-state index contributed by atoms with van der Waals surface area (Å²) in [7, 11) is 0. The SMILES string of the molecule is O=C(COc1ccc(C(F)(F)F)cc1)NCC(=O)Nc1ccc(-n2cccn2)cc1. The fraction of sp³-hybridized carbons (Fsp3) is 0.150. The Hall–Kier alpha value is -3.82. The minimum absolute atomic E-state index is 0.111. The zero-order chi connectivity index (χ0) is 21.6. The maximum atomic E-state index is 12.5. The number of nitrogens with one attached hydrogen (secondary N) is 2. The monoisotopic (exact) mass is 418 g/mol. The molecule has 0 aliphatic rings. The lowest BCUT2D eigenvalue weighted by atomic mass is 10.2. The first-order valence-electron chi connectivity index (χ1n) is 8.78. The molecule has 3 rings (SSSR count). The second-order valence-corrected chi connectivity index (χ2v) is 6.13. The predicted octanol–water partition coefficient (Wildman–Crippen LogP) is 3.02. The number of alkyl halides is 3. The molecule has 7 nitrogen and oxygen atoms in total. The summed E-state index contributed by atoms with van der Waals surface area (Å²) in [6.45, 7) is -0.715. The average molecular weight is 418 g/mol. The van der Waals surface area contributed by atoms with Crippen LogP contribution in [0, 0.1) is 0 Å². The Kier molecular flexibility index (Phi) is 6.35. The summed E-state index contributed by atoms with van der Waals surface area (Å²) < 4.78 is 44.3. The van der Waals surface area contributed by atoms with E-state index < -0.39 is 30.2 Å². The number of aromatic nitrogens is 2. The van der Waals surface area contributed by atoms with E-state index in [1.807, 2.05) is 0 Å². The van der Waals surface area contributed by atoms with Crippen LogP contribution in [0.15, 0.2) is 67.0 Å². The molecule has 0 aliphatic carbocycles. The van der Waals surface area contributed by atoms with Gasteiger partial charge in [0.1, 0.15) is 5.75 Å². The highest BCUT2D eigenvalue weighted by Gasteiger charge is 2.30. The fourth-order valence-electron chi connectivity index (χ4n) is 2.44. The molecule has 0 saturated heterocycles. The van der Waals surface area contributed by atoms with E-state index in [1.54, 1.807) is 47.4 Å². The highest BCUT2D eigenvalue weighted by Crippen LogP contribution is 2.30. The molecule has 2 amide bonds. The van der Waals surface area contributed by atoms with Crippen LogP contribution in [0.3, 0.4) is 0 Å². The number of halogens is 3. The zero-order valence-corrected chi connectivity index (χ0v) is 15.5. The van der Waals surface area contributed by atoms with Crippen molar-refractivity contribution >= 4 is 17.5 Å². The number of hydrogen-bond acceptors (Lipinski definition) is 4. The topological polar surface area (TPSA) is 85.2 Å². The lowest BCUT2D eigenvalue weighted by Crippen LogP contribution is -2.35. The molecular formula is C20H17F3N4O3. The molecule has 10 heteroatoms. The number of ether oxygens (including phenoxy) is 1. The molecule has 1 heterocycles. The van der Waals surface area contributed by atoms with Gasteiger partial charge in [0.05, 0.1) is 17.8 Å². The standard InChI is InChI=1S/C20H17F3N4O3/c21-20(22,23)14-2-8-17(9-3-14)30-13-19(29)24-12-18(28)26-15-4-6-16(7-5-15)27-11-1-10-25-27/h1-11H,12-13H2,(H,24,29)(H,26,28). The van der Waals surface area contributed by atoms with Crippen molar-refractivity contribution in [3.05, 3.63) is 72.6 Å². The maximum absolute atomic E-state index is 12.5. The number of benzene rings is 2. The average Bonchev–Trinajstić information content (AvgIpc) is 3.26. The largest absolute Gasteiger partial charge is 0.484 e. The van der Waals surface area contributed by atoms with Gasteiger partial charge in [0.15, 0.2) is 6.61 Å². The van der Waals surface area contributed by atoms with Gasteiger partial charge in [0, 0.05) is 18.1 Å². The van der Waals surface area contributed by atoms with Crippen molar-refractivity contribution in [3.8, 4) is 11.4 Å². The normalized spacial score (nSPS) is 11.0. The maximum Gasteiger partial charge on any atom is 0.416 e. The van der Waals surface area contributed by atoms with Crippen LogP contribution < -0.4 is 15.4 Å². The molecule has 30 heavy (non-hydrogen) atoms. The highest BCUT2D eigenvalue weighted by molar-refractivity contribution is 5.94. The molecule has 0 fully saturated rings. The van der Waals surface area contributed by atoms with E-state index in [2.05, 4.69) is 15.7 Å². The third-order valence-electron chi connectivity index (χ3n) is 3.92. The van der Waals surface area contributed by atoms with E-state index in [9.17, 15) is 22.8 Å². The molecule has 0 aliphatic heterocycles. The van der Waals surface area contributed by atoms with Crippen molar-refractivity contribution < 1.29 is 27.5 Å². The highest BCUT2D eigenvalue weighted by atomic mass is 19.4. The van der Waals surface area contributed by atoms with Crippen LogP contribution in [0.1, 0.15) is 5.56 Å². The van der Waals surface area contributed by atoms with Crippen LogP contribution in [-0.4, -0.2) is 34.7 Å². The summed E-state index contributed by atoms with van der Waals surface area (Å²) in [5.41, 5.74) is 0.562. The third-order valence-corrected chi connectivity index (χ3v) is 3.92. The summed E-state index contributed by atoms with van der Waals surface area (Å²) >= 11 is 0. The molecule has 0 radical (unpaired) electrons.